The number of rotatable bonds is 10. The van der Waals surface area contributed by atoms with Crippen molar-refractivity contribution in [3.63, 3.8) is 0 Å². The van der Waals surface area contributed by atoms with Gasteiger partial charge in [0.1, 0.15) is 11.5 Å². The molecule has 0 spiro atoms. The number of ether oxygens (including phenoxy) is 1. The van der Waals surface area contributed by atoms with E-state index in [-0.39, 0.29) is 6.10 Å². The van der Waals surface area contributed by atoms with Gasteiger partial charge in [-0.05, 0) is 23.1 Å². The summed E-state index contributed by atoms with van der Waals surface area (Å²) >= 11 is 0. The van der Waals surface area contributed by atoms with Crippen LogP contribution < -0.4 is 0 Å². The van der Waals surface area contributed by atoms with E-state index < -0.39 is 5.60 Å². The lowest BCUT2D eigenvalue weighted by Crippen LogP contribution is -2.36. The third-order valence-corrected chi connectivity index (χ3v) is 5.22. The summed E-state index contributed by atoms with van der Waals surface area (Å²) in [5, 5.41) is 0. The molecule has 0 aromatic heterocycles. The molecule has 2 heteroatoms. The molecule has 148 valence electrons. The van der Waals surface area contributed by atoms with Gasteiger partial charge in [0.2, 0.25) is 0 Å². The van der Waals surface area contributed by atoms with Gasteiger partial charge in [-0.2, -0.15) is 0 Å². The molecule has 0 saturated carbocycles. The van der Waals surface area contributed by atoms with Crippen LogP contribution in [-0.2, 0) is 15.1 Å². The predicted octanol–water partition coefficient (Wildman–Crippen LogP) is 6.33. The average Bonchev–Trinajstić information content (AvgIpc) is 2.79. The summed E-state index contributed by atoms with van der Waals surface area (Å²) in [7, 11) is 0. The van der Waals surface area contributed by atoms with Crippen LogP contribution in [0.4, 0.5) is 0 Å². The molecule has 0 saturated heterocycles. The van der Waals surface area contributed by atoms with E-state index in [0.29, 0.717) is 0 Å². The molecular formula is C27H28O2. The van der Waals surface area contributed by atoms with Crippen LogP contribution in [0.5, 0.6) is 0 Å². The number of unbranched alkanes of at least 4 members (excludes halogenated alkanes) is 2. The van der Waals surface area contributed by atoms with E-state index in [1.165, 1.54) is 6.08 Å². The van der Waals surface area contributed by atoms with E-state index in [2.05, 4.69) is 43.3 Å². The summed E-state index contributed by atoms with van der Waals surface area (Å²) in [6.45, 7) is 2.17. The molecule has 3 aromatic carbocycles. The average molecular weight is 385 g/mol. The van der Waals surface area contributed by atoms with E-state index in [4.69, 9.17) is 4.74 Å². The second-order valence-corrected chi connectivity index (χ2v) is 7.22. The molecule has 3 rings (SSSR count). The number of hydrogen-bond donors (Lipinski definition) is 0. The van der Waals surface area contributed by atoms with Crippen molar-refractivity contribution in [2.24, 2.45) is 0 Å². The zero-order chi connectivity index (χ0) is 20.4. The van der Waals surface area contributed by atoms with Crippen molar-refractivity contribution in [3.8, 4) is 0 Å². The van der Waals surface area contributed by atoms with Gasteiger partial charge in [0.25, 0.3) is 0 Å². The SMILES string of the molecule is CCCCCC(C=C=O)OC(c1ccccc1)(c1ccccc1)c1ccccc1. The summed E-state index contributed by atoms with van der Waals surface area (Å²) in [6.07, 6.45) is 5.24. The predicted molar refractivity (Wildman–Crippen MR) is 118 cm³/mol. The second kappa shape index (κ2) is 10.6. The Morgan fingerprint density at radius 1 is 0.793 bits per heavy atom. The highest BCUT2D eigenvalue weighted by Gasteiger charge is 2.39. The molecule has 0 aliphatic rings. The monoisotopic (exact) mass is 384 g/mol. The molecule has 0 N–H and O–H groups in total. The number of hydrogen-bond acceptors (Lipinski definition) is 2. The minimum Gasteiger partial charge on any atom is -0.353 e. The summed E-state index contributed by atoms with van der Waals surface area (Å²) in [4.78, 5) is 11.3. The molecular weight excluding hydrogens is 356 g/mol. The van der Waals surface area contributed by atoms with Crippen molar-refractivity contribution in [1.82, 2.24) is 0 Å². The van der Waals surface area contributed by atoms with Crippen LogP contribution in [0.2, 0.25) is 0 Å². The van der Waals surface area contributed by atoms with Gasteiger partial charge in [-0.1, -0.05) is 117 Å². The Hall–Kier alpha value is -2.93. The van der Waals surface area contributed by atoms with Crippen molar-refractivity contribution < 1.29 is 9.53 Å². The lowest BCUT2D eigenvalue weighted by atomic mass is 9.79. The lowest BCUT2D eigenvalue weighted by molar-refractivity contribution is -0.0281. The van der Waals surface area contributed by atoms with Gasteiger partial charge in [-0.15, -0.1) is 0 Å². The maximum atomic E-state index is 11.3. The third-order valence-electron chi connectivity index (χ3n) is 5.22. The third kappa shape index (κ3) is 4.92. The van der Waals surface area contributed by atoms with Crippen LogP contribution in [0.3, 0.4) is 0 Å². The Kier molecular flexibility index (Phi) is 7.58. The molecule has 0 bridgehead atoms. The van der Waals surface area contributed by atoms with Crippen LogP contribution >= 0.6 is 0 Å². The van der Waals surface area contributed by atoms with Gasteiger partial charge in [-0.25, -0.2) is 4.79 Å². The minimum absolute atomic E-state index is 0.320. The smallest absolute Gasteiger partial charge is 0.144 e. The maximum Gasteiger partial charge on any atom is 0.144 e. The fourth-order valence-electron chi connectivity index (χ4n) is 3.80. The summed E-state index contributed by atoms with van der Waals surface area (Å²) in [5.74, 6) is 1.97. The standard InChI is InChI=1S/C27H28O2/c1-2-3-7-20-26(21-22-28)29-27(23-14-8-4-9-15-23,24-16-10-5-11-17-24)25-18-12-6-13-19-25/h4-6,8-19,21,26H,2-3,7,20H2,1H3. The Labute approximate surface area is 173 Å². The summed E-state index contributed by atoms with van der Waals surface area (Å²) < 4.78 is 6.87. The Morgan fingerprint density at radius 2 is 1.24 bits per heavy atom. The van der Waals surface area contributed by atoms with Crippen molar-refractivity contribution >= 4 is 5.94 Å². The number of benzene rings is 3. The molecule has 0 fully saturated rings. The molecule has 0 heterocycles. The topological polar surface area (TPSA) is 26.3 Å². The molecule has 1 atom stereocenters. The molecule has 0 amide bonds. The highest BCUT2D eigenvalue weighted by Crippen LogP contribution is 2.41. The first-order valence-corrected chi connectivity index (χ1v) is 10.4. The van der Waals surface area contributed by atoms with Gasteiger partial charge in [0, 0.05) is 6.08 Å². The summed E-state index contributed by atoms with van der Waals surface area (Å²) in [6, 6.07) is 30.7. The van der Waals surface area contributed by atoms with Crippen LogP contribution in [0.15, 0.2) is 97.1 Å². The fourth-order valence-corrected chi connectivity index (χ4v) is 3.80. The first-order valence-electron chi connectivity index (χ1n) is 10.4. The normalized spacial score (nSPS) is 12.2. The van der Waals surface area contributed by atoms with Crippen LogP contribution in [-0.4, -0.2) is 12.0 Å². The van der Waals surface area contributed by atoms with E-state index >= 15 is 0 Å². The Bertz CT molecular complexity index is 800. The number of carbonyl (C=O) groups excluding carboxylic acids is 1. The fraction of sp³-hybridized carbons (Fsp3) is 0.259. The second-order valence-electron chi connectivity index (χ2n) is 7.22. The first-order chi connectivity index (χ1) is 14.3. The molecule has 0 radical (unpaired) electrons. The largest absolute Gasteiger partial charge is 0.353 e. The van der Waals surface area contributed by atoms with Crippen molar-refractivity contribution in [1.29, 1.82) is 0 Å². The van der Waals surface area contributed by atoms with Gasteiger partial charge in [0.15, 0.2) is 0 Å². The highest BCUT2D eigenvalue weighted by molar-refractivity contribution is 5.49. The molecule has 29 heavy (non-hydrogen) atoms. The van der Waals surface area contributed by atoms with E-state index in [1.807, 2.05) is 60.5 Å². The highest BCUT2D eigenvalue weighted by atomic mass is 16.5. The zero-order valence-corrected chi connectivity index (χ0v) is 17.0. The minimum atomic E-state index is -0.811. The Balaban J connectivity index is 2.17. The molecule has 3 aromatic rings. The van der Waals surface area contributed by atoms with Gasteiger partial charge >= 0.3 is 0 Å². The molecule has 1 unspecified atom stereocenters. The van der Waals surface area contributed by atoms with E-state index in [1.54, 1.807) is 0 Å². The Morgan fingerprint density at radius 3 is 1.62 bits per heavy atom. The van der Waals surface area contributed by atoms with Crippen LogP contribution in [0, 0.1) is 0 Å². The lowest BCUT2D eigenvalue weighted by Gasteiger charge is -2.38. The van der Waals surface area contributed by atoms with E-state index in [0.717, 1.165) is 42.4 Å². The van der Waals surface area contributed by atoms with Crippen molar-refractivity contribution in [3.05, 3.63) is 114 Å². The molecule has 0 aliphatic carbocycles. The van der Waals surface area contributed by atoms with Crippen LogP contribution in [0.25, 0.3) is 0 Å². The molecule has 0 aliphatic heterocycles. The van der Waals surface area contributed by atoms with E-state index in [9.17, 15) is 4.79 Å². The van der Waals surface area contributed by atoms with Gasteiger partial charge < -0.3 is 4.74 Å². The molecule has 2 nitrogen and oxygen atoms in total. The quantitative estimate of drug-likeness (QED) is 0.232. The van der Waals surface area contributed by atoms with Crippen LogP contribution in [0.1, 0.15) is 49.3 Å². The first kappa shape index (κ1) is 20.8. The van der Waals surface area contributed by atoms with Gasteiger partial charge in [-0.3, -0.25) is 0 Å². The maximum absolute atomic E-state index is 11.3. The summed E-state index contributed by atoms with van der Waals surface area (Å²) in [5.41, 5.74) is 2.31. The van der Waals surface area contributed by atoms with Gasteiger partial charge in [0.05, 0.1) is 6.10 Å². The van der Waals surface area contributed by atoms with Crippen molar-refractivity contribution in [2.75, 3.05) is 0 Å². The van der Waals surface area contributed by atoms with Crippen molar-refractivity contribution in [2.45, 2.75) is 44.3 Å². The zero-order valence-electron chi connectivity index (χ0n) is 17.0.